The zero-order valence-electron chi connectivity index (χ0n) is 19.6. The van der Waals surface area contributed by atoms with E-state index in [1.54, 1.807) is 6.08 Å². The number of aliphatic hydroxyl groups is 1. The van der Waals surface area contributed by atoms with Crippen molar-refractivity contribution in [2.45, 2.75) is 70.4 Å². The number of aliphatic hydroxyl groups excluding tert-OH is 1. The molecular formula is C26H33ClO6. The Morgan fingerprint density at radius 1 is 1.24 bits per heavy atom. The Morgan fingerprint density at radius 3 is 2.58 bits per heavy atom. The van der Waals surface area contributed by atoms with E-state index in [-0.39, 0.29) is 22.8 Å². The third-order valence-electron chi connectivity index (χ3n) is 8.08. The normalized spacial score (nSPS) is 37.7. The first-order chi connectivity index (χ1) is 15.6. The minimum absolute atomic E-state index is 0.00178. The standard InChI is InChI=1S/C26H33ClO6/c1-15(2)26-13-20(31-21(29)14-28)25(4,33-26)18-11-10-16(3)22(18)23(26)32-24(30)19(27)12-17-8-6-5-7-9-17/h5-9,12,15-16,18,20,22-23,28H,10-11,13-14H2,1-4H3. The Morgan fingerprint density at radius 2 is 1.94 bits per heavy atom. The quantitative estimate of drug-likeness (QED) is 0.486. The van der Waals surface area contributed by atoms with Gasteiger partial charge < -0.3 is 19.3 Å². The highest BCUT2D eigenvalue weighted by Gasteiger charge is 2.72. The highest BCUT2D eigenvalue weighted by molar-refractivity contribution is 6.43. The van der Waals surface area contributed by atoms with Crippen LogP contribution in [0.4, 0.5) is 0 Å². The number of rotatable bonds is 6. The molecule has 2 bridgehead atoms. The van der Waals surface area contributed by atoms with Crippen molar-refractivity contribution < 1.29 is 28.9 Å². The lowest BCUT2D eigenvalue weighted by molar-refractivity contribution is -0.264. The van der Waals surface area contributed by atoms with Gasteiger partial charge in [0.15, 0.2) is 0 Å². The number of halogens is 1. The van der Waals surface area contributed by atoms with Crippen LogP contribution in [0.2, 0.25) is 0 Å². The molecule has 0 amide bonds. The Hall–Kier alpha value is -1.89. The molecule has 7 heteroatoms. The molecule has 1 N–H and O–H groups in total. The maximum Gasteiger partial charge on any atom is 0.350 e. The molecule has 1 aromatic carbocycles. The summed E-state index contributed by atoms with van der Waals surface area (Å²) in [5.41, 5.74) is -0.694. The molecule has 3 fully saturated rings. The maximum atomic E-state index is 13.1. The summed E-state index contributed by atoms with van der Waals surface area (Å²) in [7, 11) is 0. The van der Waals surface area contributed by atoms with E-state index in [0.29, 0.717) is 12.3 Å². The number of ether oxygens (including phenoxy) is 3. The largest absolute Gasteiger partial charge is 0.457 e. The molecule has 7 atom stereocenters. The number of carbonyl (C=O) groups is 2. The third kappa shape index (κ3) is 4.11. The SMILES string of the molecule is CC1CCC2C1C(OC(=O)C(Cl)=Cc1ccccc1)C1(C(C)C)CC(OC(=O)CO)C2(C)O1. The van der Waals surface area contributed by atoms with Gasteiger partial charge in [0.25, 0.3) is 0 Å². The minimum Gasteiger partial charge on any atom is -0.457 e. The van der Waals surface area contributed by atoms with Crippen LogP contribution in [0, 0.1) is 23.7 Å². The average Bonchev–Trinajstić information content (AvgIpc) is 3.30. The second-order valence-electron chi connectivity index (χ2n) is 10.2. The fourth-order valence-corrected chi connectivity index (χ4v) is 6.54. The molecule has 1 aliphatic carbocycles. The van der Waals surface area contributed by atoms with Crippen LogP contribution in [0.25, 0.3) is 6.08 Å². The number of esters is 2. The first-order valence-corrected chi connectivity index (χ1v) is 12.1. The van der Waals surface area contributed by atoms with Crippen LogP contribution in [0.1, 0.15) is 52.5 Å². The lowest BCUT2D eigenvalue weighted by Crippen LogP contribution is -2.62. The zero-order chi connectivity index (χ0) is 24.0. The maximum absolute atomic E-state index is 13.1. The Balaban J connectivity index is 1.68. The first kappa shape index (κ1) is 24.2. The molecule has 2 aliphatic heterocycles. The molecule has 2 saturated heterocycles. The van der Waals surface area contributed by atoms with E-state index in [9.17, 15) is 14.7 Å². The molecule has 7 unspecified atom stereocenters. The van der Waals surface area contributed by atoms with Crippen LogP contribution >= 0.6 is 11.6 Å². The molecule has 0 radical (unpaired) electrons. The molecule has 0 aromatic heterocycles. The molecule has 33 heavy (non-hydrogen) atoms. The van der Waals surface area contributed by atoms with Gasteiger partial charge in [0.05, 0.1) is 0 Å². The van der Waals surface area contributed by atoms with E-state index >= 15 is 0 Å². The minimum atomic E-state index is -0.811. The summed E-state index contributed by atoms with van der Waals surface area (Å²) in [5, 5.41) is 9.28. The molecule has 0 spiro atoms. The van der Waals surface area contributed by atoms with Crippen molar-refractivity contribution in [3.05, 3.63) is 40.9 Å². The summed E-state index contributed by atoms with van der Waals surface area (Å²) >= 11 is 6.38. The number of hydrogen-bond donors (Lipinski definition) is 1. The van der Waals surface area contributed by atoms with E-state index in [1.807, 2.05) is 51.1 Å². The van der Waals surface area contributed by atoms with Crippen molar-refractivity contribution in [2.24, 2.45) is 23.7 Å². The monoisotopic (exact) mass is 476 g/mol. The highest BCUT2D eigenvalue weighted by atomic mass is 35.5. The van der Waals surface area contributed by atoms with Crippen molar-refractivity contribution in [1.82, 2.24) is 0 Å². The van der Waals surface area contributed by atoms with E-state index in [2.05, 4.69) is 6.92 Å². The molecule has 3 aliphatic rings. The van der Waals surface area contributed by atoms with Crippen molar-refractivity contribution in [3.63, 3.8) is 0 Å². The lowest BCUT2D eigenvalue weighted by Gasteiger charge is -2.52. The van der Waals surface area contributed by atoms with Gasteiger partial charge in [0.1, 0.15) is 35.0 Å². The number of fused-ring (bicyclic) bond motifs is 4. The molecule has 2 heterocycles. The third-order valence-corrected chi connectivity index (χ3v) is 8.34. The second kappa shape index (κ2) is 9.05. The van der Waals surface area contributed by atoms with Gasteiger partial charge in [-0.2, -0.15) is 0 Å². The van der Waals surface area contributed by atoms with E-state index < -0.39 is 42.0 Å². The second-order valence-corrected chi connectivity index (χ2v) is 10.6. The Kier molecular flexibility index (Phi) is 6.64. The number of hydrogen-bond acceptors (Lipinski definition) is 6. The van der Waals surface area contributed by atoms with Crippen LogP contribution in [-0.2, 0) is 23.8 Å². The van der Waals surface area contributed by atoms with Crippen LogP contribution in [0.15, 0.2) is 35.4 Å². The van der Waals surface area contributed by atoms with E-state index in [1.165, 1.54) is 0 Å². The van der Waals surface area contributed by atoms with Crippen molar-refractivity contribution in [1.29, 1.82) is 0 Å². The molecule has 180 valence electrons. The Bertz CT molecular complexity index is 930. The summed E-state index contributed by atoms with van der Waals surface area (Å²) < 4.78 is 18.6. The van der Waals surface area contributed by atoms with Crippen molar-refractivity contribution >= 4 is 29.6 Å². The van der Waals surface area contributed by atoms with Gasteiger partial charge in [-0.15, -0.1) is 0 Å². The predicted molar refractivity (Wildman–Crippen MR) is 124 cm³/mol. The molecular weight excluding hydrogens is 444 g/mol. The van der Waals surface area contributed by atoms with Gasteiger partial charge in [0.2, 0.25) is 0 Å². The van der Waals surface area contributed by atoms with Crippen molar-refractivity contribution in [3.8, 4) is 0 Å². The Labute approximate surface area is 200 Å². The summed E-state index contributed by atoms with van der Waals surface area (Å²) in [6.45, 7) is 7.59. The van der Waals surface area contributed by atoms with Gasteiger partial charge >= 0.3 is 11.9 Å². The number of benzene rings is 1. The zero-order valence-corrected chi connectivity index (χ0v) is 20.4. The van der Waals surface area contributed by atoms with Gasteiger partial charge in [-0.3, -0.25) is 0 Å². The first-order valence-electron chi connectivity index (χ1n) is 11.8. The van der Waals surface area contributed by atoms with E-state index in [0.717, 1.165) is 18.4 Å². The van der Waals surface area contributed by atoms with Crippen LogP contribution in [-0.4, -0.2) is 47.1 Å². The summed E-state index contributed by atoms with van der Waals surface area (Å²) in [6.07, 6.45) is 2.85. The van der Waals surface area contributed by atoms with Gasteiger partial charge in [-0.05, 0) is 49.2 Å². The van der Waals surface area contributed by atoms with Crippen LogP contribution < -0.4 is 0 Å². The predicted octanol–water partition coefficient (Wildman–Crippen LogP) is 4.33. The van der Waals surface area contributed by atoms with Crippen LogP contribution in [0.3, 0.4) is 0 Å². The fourth-order valence-electron chi connectivity index (χ4n) is 6.37. The van der Waals surface area contributed by atoms with Gasteiger partial charge in [-0.25, -0.2) is 9.59 Å². The smallest absolute Gasteiger partial charge is 0.350 e. The molecule has 4 rings (SSSR count). The highest BCUT2D eigenvalue weighted by Crippen LogP contribution is 2.63. The lowest BCUT2D eigenvalue weighted by atomic mass is 9.69. The van der Waals surface area contributed by atoms with Crippen LogP contribution in [0.5, 0.6) is 0 Å². The summed E-state index contributed by atoms with van der Waals surface area (Å²) in [4.78, 5) is 25.2. The fraction of sp³-hybridized carbons (Fsp3) is 0.615. The average molecular weight is 477 g/mol. The van der Waals surface area contributed by atoms with Gasteiger partial charge in [-0.1, -0.05) is 62.7 Å². The molecule has 6 nitrogen and oxygen atoms in total. The van der Waals surface area contributed by atoms with Gasteiger partial charge in [0, 0.05) is 12.3 Å². The molecule has 1 saturated carbocycles. The topological polar surface area (TPSA) is 82.1 Å². The molecule has 1 aromatic rings. The summed E-state index contributed by atoms with van der Waals surface area (Å²) in [6, 6.07) is 9.39. The van der Waals surface area contributed by atoms with E-state index in [4.69, 9.17) is 25.8 Å². The van der Waals surface area contributed by atoms with Crippen molar-refractivity contribution in [2.75, 3.05) is 6.61 Å². The number of carbonyl (C=O) groups excluding carboxylic acids is 2. The summed E-state index contributed by atoms with van der Waals surface area (Å²) in [5.74, 6) is -0.800.